The summed E-state index contributed by atoms with van der Waals surface area (Å²) in [4.78, 5) is 14.7. The van der Waals surface area contributed by atoms with Gasteiger partial charge in [0, 0.05) is 65.3 Å². The lowest BCUT2D eigenvalue weighted by molar-refractivity contribution is -0.437. The minimum atomic E-state index is -4.29. The number of hydrogen-bond acceptors (Lipinski definition) is 6. The summed E-state index contributed by atoms with van der Waals surface area (Å²) in [6.45, 7) is 17.4. The van der Waals surface area contributed by atoms with Gasteiger partial charge in [-0.25, -0.2) is 4.31 Å². The van der Waals surface area contributed by atoms with Gasteiger partial charge in [0.2, 0.25) is 5.69 Å². The van der Waals surface area contributed by atoms with Crippen molar-refractivity contribution in [2.24, 2.45) is 0 Å². The third kappa shape index (κ3) is 7.59. The number of carbonyl (C=O) groups excluding carboxylic acids is 1. The van der Waals surface area contributed by atoms with Crippen molar-refractivity contribution >= 4 is 44.9 Å². The van der Waals surface area contributed by atoms with E-state index in [4.69, 9.17) is 0 Å². The molecule has 248 valence electrons. The number of Topliss-reactive ketones (excluding diaryl/α,β-unsaturated/α-hetero) is 1. The van der Waals surface area contributed by atoms with Gasteiger partial charge in [-0.15, -0.1) is 0 Å². The van der Waals surface area contributed by atoms with Crippen molar-refractivity contribution < 1.29 is 22.3 Å². The van der Waals surface area contributed by atoms with Crippen LogP contribution in [0, 0.1) is 0 Å². The van der Waals surface area contributed by atoms with Gasteiger partial charge in [0.05, 0.1) is 10.3 Å². The molecule has 46 heavy (non-hydrogen) atoms. The molecule has 0 saturated carbocycles. The van der Waals surface area contributed by atoms with E-state index in [2.05, 4.69) is 111 Å². The highest BCUT2D eigenvalue weighted by atomic mass is 32.2. The molecule has 1 N–H and O–H groups in total. The first-order valence-corrected chi connectivity index (χ1v) is 18.5. The average Bonchev–Trinajstić information content (AvgIpc) is 3.31. The number of nitrogens with zero attached hydrogens (tertiary/aromatic N) is 3. The smallest absolute Gasteiger partial charge is 0.294 e. The summed E-state index contributed by atoms with van der Waals surface area (Å²) in [6, 6.07) is 11.6. The second-order valence-corrected chi connectivity index (χ2v) is 16.0. The maximum atomic E-state index is 11.9. The minimum absolute atomic E-state index is 0.0771. The van der Waals surface area contributed by atoms with E-state index >= 15 is 0 Å². The molecule has 7 nitrogen and oxygen atoms in total. The molecule has 0 aromatic heterocycles. The predicted molar refractivity (Wildman–Crippen MR) is 191 cm³/mol. The van der Waals surface area contributed by atoms with E-state index in [1.807, 2.05) is 0 Å². The average molecular weight is 665 g/mol. The van der Waals surface area contributed by atoms with Gasteiger partial charge in [0.1, 0.15) is 12.3 Å². The molecule has 2 aliphatic heterocycles. The summed E-state index contributed by atoms with van der Waals surface area (Å²) < 4.78 is 38.1. The molecule has 0 unspecified atom stereocenters. The molecule has 2 aliphatic rings. The van der Waals surface area contributed by atoms with Crippen LogP contribution in [0.25, 0.3) is 0 Å². The number of fused-ring (bicyclic) bond motifs is 2. The summed E-state index contributed by atoms with van der Waals surface area (Å²) in [5.41, 5.74) is 6.19. The van der Waals surface area contributed by atoms with Crippen molar-refractivity contribution in [3.63, 3.8) is 0 Å². The van der Waals surface area contributed by atoms with E-state index in [-0.39, 0.29) is 16.1 Å². The number of anilines is 1. The van der Waals surface area contributed by atoms with Crippen LogP contribution in [0.5, 0.6) is 0 Å². The van der Waals surface area contributed by atoms with Gasteiger partial charge in [0.15, 0.2) is 5.71 Å². The van der Waals surface area contributed by atoms with Crippen LogP contribution in [0.3, 0.4) is 0 Å². The fraction of sp³-hybridized carbons (Fsp3) is 0.459. The van der Waals surface area contributed by atoms with E-state index in [0.717, 1.165) is 55.8 Å². The largest absolute Gasteiger partial charge is 0.344 e. The first-order chi connectivity index (χ1) is 21.6. The van der Waals surface area contributed by atoms with Gasteiger partial charge >= 0.3 is 0 Å². The van der Waals surface area contributed by atoms with Crippen LogP contribution >= 0.6 is 11.9 Å². The van der Waals surface area contributed by atoms with Gasteiger partial charge in [-0.3, -0.25) is 4.55 Å². The fourth-order valence-electron chi connectivity index (χ4n) is 6.59. The molecule has 0 spiro atoms. The monoisotopic (exact) mass is 664 g/mol. The molecule has 0 bridgehead atoms. The second kappa shape index (κ2) is 14.4. The molecule has 2 aromatic rings. The Morgan fingerprint density at radius 1 is 1.00 bits per heavy atom. The van der Waals surface area contributed by atoms with E-state index in [0.29, 0.717) is 6.42 Å². The first-order valence-electron chi connectivity index (χ1n) is 16.3. The molecular formula is C37H50N3O4S2+. The third-order valence-corrected chi connectivity index (χ3v) is 10.7. The zero-order valence-corrected chi connectivity index (χ0v) is 30.3. The summed E-state index contributed by atoms with van der Waals surface area (Å²) >= 11 is 1.73. The molecule has 2 heterocycles. The van der Waals surface area contributed by atoms with Crippen LogP contribution in [0.15, 0.2) is 82.3 Å². The summed E-state index contributed by atoms with van der Waals surface area (Å²) in [5.74, 6) is 0.236. The van der Waals surface area contributed by atoms with Gasteiger partial charge in [-0.1, -0.05) is 45.9 Å². The number of ketones is 1. The number of benzene rings is 2. The lowest BCUT2D eigenvalue weighted by Gasteiger charge is -2.26. The Morgan fingerprint density at radius 3 is 2.39 bits per heavy atom. The number of rotatable bonds is 14. The van der Waals surface area contributed by atoms with E-state index in [9.17, 15) is 17.8 Å². The Kier molecular flexibility index (Phi) is 11.2. The molecule has 0 atom stereocenters. The van der Waals surface area contributed by atoms with Crippen molar-refractivity contribution in [1.29, 1.82) is 0 Å². The van der Waals surface area contributed by atoms with Crippen LogP contribution in [-0.2, 0) is 25.7 Å². The van der Waals surface area contributed by atoms with Crippen molar-refractivity contribution in [3.8, 4) is 0 Å². The maximum Gasteiger partial charge on any atom is 0.294 e. The molecule has 0 radical (unpaired) electrons. The highest BCUT2D eigenvalue weighted by Gasteiger charge is 2.44. The molecule has 0 fully saturated rings. The molecule has 0 amide bonds. The lowest BCUT2D eigenvalue weighted by Crippen LogP contribution is -2.27. The quantitative estimate of drug-likeness (QED) is 0.0943. The Balaban J connectivity index is 1.57. The molecule has 9 heteroatoms. The highest BCUT2D eigenvalue weighted by Crippen LogP contribution is 2.48. The standard InChI is InChI=1S/C37H49N3O4S2/c1-9-22-39-32-20-18-28(45-38(8)24-14-15-27(3)41)25-30(32)36(4,5)34(39)16-12-11-13-17-35-37(6,7)31-26-29(46(42,43)44)19-21-33(31)40(35)23-10-2/h11-13,16-21,25-26H,9-10,14-15,22-24H2,1-8H3/p+1. The molecule has 2 aromatic carbocycles. The number of hydrogen-bond donors (Lipinski definition) is 1. The van der Waals surface area contributed by atoms with E-state index in [1.165, 1.54) is 27.9 Å². The van der Waals surface area contributed by atoms with Gasteiger partial charge in [-0.2, -0.15) is 13.0 Å². The predicted octanol–water partition coefficient (Wildman–Crippen LogP) is 8.23. The zero-order valence-electron chi connectivity index (χ0n) is 28.6. The number of allylic oxidation sites excluding steroid dienone is 6. The summed E-state index contributed by atoms with van der Waals surface area (Å²) in [5, 5.41) is 0. The van der Waals surface area contributed by atoms with Crippen LogP contribution in [0.1, 0.15) is 85.3 Å². The Hall–Kier alpha value is -2.98. The Bertz CT molecular complexity index is 1700. The van der Waals surface area contributed by atoms with Crippen molar-refractivity contribution in [3.05, 3.63) is 83.6 Å². The third-order valence-electron chi connectivity index (χ3n) is 8.91. The number of carbonyl (C=O) groups is 1. The molecule has 0 aliphatic carbocycles. The van der Waals surface area contributed by atoms with Crippen molar-refractivity contribution in [2.45, 2.75) is 94.8 Å². The SMILES string of the molecule is CCCN1C(=CC=CC=CC2=[N+](CCC)c3ccc(SN(C)CCCC(C)=O)cc3C2(C)C)C(C)(C)c2cc(S(=O)(=O)O)ccc21. The lowest BCUT2D eigenvalue weighted by atomic mass is 9.81. The van der Waals surface area contributed by atoms with Crippen LogP contribution in [0.2, 0.25) is 0 Å². The highest BCUT2D eigenvalue weighted by molar-refractivity contribution is 7.97. The van der Waals surface area contributed by atoms with E-state index < -0.39 is 15.5 Å². The van der Waals surface area contributed by atoms with Crippen LogP contribution in [-0.4, -0.2) is 60.0 Å². The Labute approximate surface area is 280 Å². The molecule has 4 rings (SSSR count). The van der Waals surface area contributed by atoms with Crippen LogP contribution in [0.4, 0.5) is 11.4 Å². The minimum Gasteiger partial charge on any atom is -0.344 e. The maximum absolute atomic E-state index is 11.9. The van der Waals surface area contributed by atoms with Gasteiger partial charge < -0.3 is 9.69 Å². The first kappa shape index (κ1) is 35.9. The molecule has 0 saturated heterocycles. The van der Waals surface area contributed by atoms with Gasteiger partial charge in [-0.05, 0) is 94.6 Å². The Morgan fingerprint density at radius 2 is 1.74 bits per heavy atom. The summed E-state index contributed by atoms with van der Waals surface area (Å²) in [7, 11) is -2.21. The van der Waals surface area contributed by atoms with Crippen molar-refractivity contribution in [1.82, 2.24) is 4.31 Å². The van der Waals surface area contributed by atoms with Crippen molar-refractivity contribution in [2.75, 3.05) is 31.6 Å². The second-order valence-electron chi connectivity index (χ2n) is 13.3. The molecular weight excluding hydrogens is 615 g/mol. The zero-order chi connectivity index (χ0) is 33.9. The fourth-order valence-corrected chi connectivity index (χ4v) is 7.98. The summed E-state index contributed by atoms with van der Waals surface area (Å²) in [6.07, 6.45) is 14.0. The topological polar surface area (TPSA) is 80.9 Å². The van der Waals surface area contributed by atoms with Gasteiger partial charge in [0.25, 0.3) is 10.1 Å². The normalized spacial score (nSPS) is 18.0. The van der Waals surface area contributed by atoms with E-state index in [1.54, 1.807) is 31.0 Å². The van der Waals surface area contributed by atoms with Crippen LogP contribution < -0.4 is 4.90 Å².